The van der Waals surface area contributed by atoms with E-state index in [-0.39, 0.29) is 24.6 Å². The number of rotatable bonds is 3. The highest BCUT2D eigenvalue weighted by Crippen LogP contribution is 2.33. The molecule has 0 saturated heterocycles. The van der Waals surface area contributed by atoms with Crippen molar-refractivity contribution in [1.82, 2.24) is 9.55 Å². The molecule has 0 aliphatic carbocycles. The standard InChI is InChI=1S/C16H17F3N2O/c17-16(18,19)14-6-2-1-4-11(14)8-12-9-21-13(10-22)5-3-7-15(21)20-12/h1-2,4,6,9,13,22H,3,5,7-8,10H2. The van der Waals surface area contributed by atoms with Crippen molar-refractivity contribution < 1.29 is 18.3 Å². The maximum Gasteiger partial charge on any atom is 0.416 e. The number of halogens is 3. The number of hydrogen-bond donors (Lipinski definition) is 1. The molecule has 2 aromatic rings. The van der Waals surface area contributed by atoms with Gasteiger partial charge in [0.05, 0.1) is 23.9 Å². The second kappa shape index (κ2) is 5.76. The molecule has 118 valence electrons. The molecule has 0 saturated carbocycles. The summed E-state index contributed by atoms with van der Waals surface area (Å²) in [5.74, 6) is 0.852. The molecular weight excluding hydrogens is 293 g/mol. The van der Waals surface area contributed by atoms with Gasteiger partial charge in [0, 0.05) is 19.0 Å². The third kappa shape index (κ3) is 2.88. The van der Waals surface area contributed by atoms with Crippen molar-refractivity contribution in [3.63, 3.8) is 0 Å². The maximum atomic E-state index is 13.0. The van der Waals surface area contributed by atoms with Crippen LogP contribution in [-0.2, 0) is 19.0 Å². The van der Waals surface area contributed by atoms with Gasteiger partial charge in [-0.15, -0.1) is 0 Å². The van der Waals surface area contributed by atoms with Gasteiger partial charge in [-0.3, -0.25) is 0 Å². The van der Waals surface area contributed by atoms with Crippen LogP contribution in [0.5, 0.6) is 0 Å². The van der Waals surface area contributed by atoms with Gasteiger partial charge in [-0.1, -0.05) is 18.2 Å². The van der Waals surface area contributed by atoms with Crippen molar-refractivity contribution in [2.24, 2.45) is 0 Å². The number of aryl methyl sites for hydroxylation is 1. The Morgan fingerprint density at radius 1 is 1.27 bits per heavy atom. The fourth-order valence-corrected chi connectivity index (χ4v) is 3.03. The summed E-state index contributed by atoms with van der Waals surface area (Å²) in [6, 6.07) is 5.58. The Morgan fingerprint density at radius 3 is 2.77 bits per heavy atom. The molecule has 0 amide bonds. The average Bonchev–Trinajstić information content (AvgIpc) is 2.88. The minimum atomic E-state index is -4.36. The Labute approximate surface area is 126 Å². The van der Waals surface area contributed by atoms with Crippen molar-refractivity contribution in [2.45, 2.75) is 37.9 Å². The molecule has 1 aromatic heterocycles. The van der Waals surface area contributed by atoms with E-state index in [0.29, 0.717) is 5.69 Å². The topological polar surface area (TPSA) is 38.1 Å². The van der Waals surface area contributed by atoms with Gasteiger partial charge < -0.3 is 9.67 Å². The number of aliphatic hydroxyl groups is 1. The number of hydrogen-bond acceptors (Lipinski definition) is 2. The number of aliphatic hydroxyl groups excluding tert-OH is 1. The Morgan fingerprint density at radius 2 is 2.05 bits per heavy atom. The lowest BCUT2D eigenvalue weighted by Crippen LogP contribution is -2.20. The molecule has 1 atom stereocenters. The molecule has 0 bridgehead atoms. The van der Waals surface area contributed by atoms with Crippen molar-refractivity contribution >= 4 is 0 Å². The summed E-state index contributed by atoms with van der Waals surface area (Å²) >= 11 is 0. The van der Waals surface area contributed by atoms with Gasteiger partial charge in [0.2, 0.25) is 0 Å². The summed E-state index contributed by atoms with van der Waals surface area (Å²) in [6.07, 6.45) is 0.191. The van der Waals surface area contributed by atoms with E-state index in [2.05, 4.69) is 4.98 Å². The second-order valence-corrected chi connectivity index (χ2v) is 5.62. The second-order valence-electron chi connectivity index (χ2n) is 5.62. The normalized spacial score (nSPS) is 18.3. The number of fused-ring (bicyclic) bond motifs is 1. The first-order valence-electron chi connectivity index (χ1n) is 7.31. The highest BCUT2D eigenvalue weighted by molar-refractivity contribution is 5.33. The van der Waals surface area contributed by atoms with Crippen LogP contribution in [0.1, 0.15) is 41.5 Å². The molecule has 3 rings (SSSR count). The zero-order valence-electron chi connectivity index (χ0n) is 12.0. The van der Waals surface area contributed by atoms with Crippen LogP contribution in [0.3, 0.4) is 0 Å². The first kappa shape index (κ1) is 15.1. The Hall–Kier alpha value is -1.82. The highest BCUT2D eigenvalue weighted by Gasteiger charge is 2.33. The summed E-state index contributed by atoms with van der Waals surface area (Å²) < 4.78 is 41.0. The Bertz CT molecular complexity index is 664. The summed E-state index contributed by atoms with van der Waals surface area (Å²) in [5, 5.41) is 9.39. The number of nitrogens with zero attached hydrogens (tertiary/aromatic N) is 2. The molecule has 2 heterocycles. The van der Waals surface area contributed by atoms with Crippen molar-refractivity contribution in [3.05, 3.63) is 53.1 Å². The summed E-state index contributed by atoms with van der Waals surface area (Å²) in [7, 11) is 0. The SMILES string of the molecule is OCC1CCCc2nc(Cc3ccccc3C(F)(F)F)cn21. The van der Waals surface area contributed by atoms with E-state index >= 15 is 0 Å². The molecule has 1 unspecified atom stereocenters. The van der Waals surface area contributed by atoms with E-state index in [0.717, 1.165) is 31.2 Å². The third-order valence-corrected chi connectivity index (χ3v) is 4.10. The number of imidazole rings is 1. The molecule has 1 N–H and O–H groups in total. The van der Waals surface area contributed by atoms with Crippen LogP contribution in [0.25, 0.3) is 0 Å². The third-order valence-electron chi connectivity index (χ3n) is 4.10. The number of alkyl halides is 3. The van der Waals surface area contributed by atoms with E-state index < -0.39 is 11.7 Å². The van der Waals surface area contributed by atoms with Gasteiger partial charge in [0.25, 0.3) is 0 Å². The predicted molar refractivity (Wildman–Crippen MR) is 75.5 cm³/mol. The lowest BCUT2D eigenvalue weighted by atomic mass is 10.0. The van der Waals surface area contributed by atoms with Crippen molar-refractivity contribution in [2.75, 3.05) is 6.61 Å². The molecule has 1 aromatic carbocycles. The smallest absolute Gasteiger partial charge is 0.394 e. The van der Waals surface area contributed by atoms with Crippen LogP contribution >= 0.6 is 0 Å². The first-order chi connectivity index (χ1) is 10.5. The fraction of sp³-hybridized carbons (Fsp3) is 0.438. The van der Waals surface area contributed by atoms with E-state index in [1.165, 1.54) is 12.1 Å². The molecule has 1 aliphatic rings. The van der Waals surface area contributed by atoms with E-state index in [1.54, 1.807) is 12.3 Å². The monoisotopic (exact) mass is 310 g/mol. The van der Waals surface area contributed by atoms with Gasteiger partial charge in [-0.25, -0.2) is 4.98 Å². The van der Waals surface area contributed by atoms with Gasteiger partial charge in [-0.2, -0.15) is 13.2 Å². The molecule has 6 heteroatoms. The van der Waals surface area contributed by atoms with Gasteiger partial charge in [-0.05, 0) is 24.5 Å². The first-order valence-corrected chi connectivity index (χ1v) is 7.31. The molecule has 22 heavy (non-hydrogen) atoms. The quantitative estimate of drug-likeness (QED) is 0.944. The van der Waals surface area contributed by atoms with Crippen LogP contribution in [0, 0.1) is 0 Å². The zero-order valence-corrected chi connectivity index (χ0v) is 12.0. The zero-order chi connectivity index (χ0) is 15.7. The van der Waals surface area contributed by atoms with Gasteiger partial charge in [0.15, 0.2) is 0 Å². The van der Waals surface area contributed by atoms with E-state index in [1.807, 2.05) is 4.57 Å². The van der Waals surface area contributed by atoms with Crippen LogP contribution in [0.4, 0.5) is 13.2 Å². The summed E-state index contributed by atoms with van der Waals surface area (Å²) in [6.45, 7) is 0.0297. The minimum absolute atomic E-state index is 0.0112. The van der Waals surface area contributed by atoms with Gasteiger partial charge in [0.1, 0.15) is 5.82 Å². The number of aromatic nitrogens is 2. The Balaban J connectivity index is 1.91. The molecular formula is C16H17F3N2O. The van der Waals surface area contributed by atoms with E-state index in [4.69, 9.17) is 0 Å². The molecule has 0 fully saturated rings. The predicted octanol–water partition coefficient (Wildman–Crippen LogP) is 3.36. The largest absolute Gasteiger partial charge is 0.416 e. The average molecular weight is 310 g/mol. The fourth-order valence-electron chi connectivity index (χ4n) is 3.03. The lowest BCUT2D eigenvalue weighted by Gasteiger charge is -2.22. The van der Waals surface area contributed by atoms with Gasteiger partial charge >= 0.3 is 6.18 Å². The Kier molecular flexibility index (Phi) is 3.95. The lowest BCUT2D eigenvalue weighted by molar-refractivity contribution is -0.138. The van der Waals surface area contributed by atoms with Crippen molar-refractivity contribution in [3.8, 4) is 0 Å². The number of benzene rings is 1. The molecule has 1 aliphatic heterocycles. The van der Waals surface area contributed by atoms with Crippen LogP contribution < -0.4 is 0 Å². The maximum absolute atomic E-state index is 13.0. The minimum Gasteiger partial charge on any atom is -0.394 e. The molecule has 3 nitrogen and oxygen atoms in total. The summed E-state index contributed by atoms with van der Waals surface area (Å²) in [4.78, 5) is 4.45. The van der Waals surface area contributed by atoms with E-state index in [9.17, 15) is 18.3 Å². The van der Waals surface area contributed by atoms with Crippen LogP contribution in [-0.4, -0.2) is 21.3 Å². The summed E-state index contributed by atoms with van der Waals surface area (Å²) in [5.41, 5.74) is 0.234. The molecule has 0 spiro atoms. The van der Waals surface area contributed by atoms with Crippen LogP contribution in [0.15, 0.2) is 30.5 Å². The van der Waals surface area contributed by atoms with Crippen LogP contribution in [0.2, 0.25) is 0 Å². The van der Waals surface area contributed by atoms with Crippen molar-refractivity contribution in [1.29, 1.82) is 0 Å². The molecule has 0 radical (unpaired) electrons. The highest BCUT2D eigenvalue weighted by atomic mass is 19.4.